The first kappa shape index (κ1) is 14.9. The van der Waals surface area contributed by atoms with Crippen LogP contribution in [-0.4, -0.2) is 15.3 Å². The maximum absolute atomic E-state index is 11.9. The van der Waals surface area contributed by atoms with Gasteiger partial charge in [-0.05, 0) is 29.8 Å². The summed E-state index contributed by atoms with van der Waals surface area (Å²) in [5.74, 6) is -0.0580. The number of amides is 1. The Hall–Kier alpha value is -2.04. The molecular weight excluding hydrogens is 321 g/mol. The summed E-state index contributed by atoms with van der Waals surface area (Å²) >= 11 is 11.7. The Morgan fingerprint density at radius 3 is 2.68 bits per heavy atom. The summed E-state index contributed by atoms with van der Waals surface area (Å²) in [6.45, 7) is 0.381. The van der Waals surface area contributed by atoms with Gasteiger partial charge in [0.25, 0.3) is 0 Å². The summed E-state index contributed by atoms with van der Waals surface area (Å²) in [5.41, 5.74) is 2.46. The van der Waals surface area contributed by atoms with Gasteiger partial charge < -0.3 is 9.72 Å². The maximum atomic E-state index is 11.9. The van der Waals surface area contributed by atoms with Crippen molar-refractivity contribution in [2.45, 2.75) is 13.0 Å². The second-order valence-corrected chi connectivity index (χ2v) is 5.80. The number of halogens is 2. The molecule has 22 heavy (non-hydrogen) atoms. The Balaban J connectivity index is 1.61. The summed E-state index contributed by atoms with van der Waals surface area (Å²) < 4.78 is 1.87. The highest BCUT2D eigenvalue weighted by Gasteiger charge is 2.06. The molecule has 0 aliphatic carbocycles. The molecule has 0 atom stereocenters. The molecule has 0 unspecified atom stereocenters. The van der Waals surface area contributed by atoms with Gasteiger partial charge in [0.1, 0.15) is 5.65 Å². The van der Waals surface area contributed by atoms with Crippen LogP contribution in [0.15, 0.2) is 48.8 Å². The highest BCUT2D eigenvalue weighted by atomic mass is 35.5. The number of hydrogen-bond donors (Lipinski definition) is 1. The van der Waals surface area contributed by atoms with Gasteiger partial charge in [-0.2, -0.15) is 0 Å². The number of pyridine rings is 1. The number of carbonyl (C=O) groups excluding carboxylic acids is 1. The predicted molar refractivity (Wildman–Crippen MR) is 87.2 cm³/mol. The number of rotatable bonds is 4. The van der Waals surface area contributed by atoms with Gasteiger partial charge in [0.2, 0.25) is 5.91 Å². The van der Waals surface area contributed by atoms with E-state index in [2.05, 4.69) is 10.3 Å². The second kappa shape index (κ2) is 6.38. The monoisotopic (exact) mass is 333 g/mol. The molecule has 0 aliphatic rings. The first-order valence-electron chi connectivity index (χ1n) is 6.74. The minimum atomic E-state index is -0.0580. The van der Waals surface area contributed by atoms with Crippen LogP contribution < -0.4 is 5.32 Å². The van der Waals surface area contributed by atoms with Gasteiger partial charge >= 0.3 is 0 Å². The Morgan fingerprint density at radius 1 is 1.14 bits per heavy atom. The van der Waals surface area contributed by atoms with Gasteiger partial charge in [0.15, 0.2) is 0 Å². The summed E-state index contributed by atoms with van der Waals surface area (Å²) in [7, 11) is 0. The molecular formula is C16H13Cl2N3O. The van der Waals surface area contributed by atoms with Gasteiger partial charge in [-0.15, -0.1) is 0 Å². The predicted octanol–water partition coefficient (Wildman–Crippen LogP) is 3.50. The molecule has 2 aromatic heterocycles. The molecule has 4 nitrogen and oxygen atoms in total. The highest BCUT2D eigenvalue weighted by molar-refractivity contribution is 6.31. The van der Waals surface area contributed by atoms with Crippen molar-refractivity contribution in [2.75, 3.05) is 0 Å². The Labute approximate surface area is 137 Å². The van der Waals surface area contributed by atoms with Gasteiger partial charge in [-0.1, -0.05) is 35.3 Å². The first-order valence-corrected chi connectivity index (χ1v) is 7.50. The average Bonchev–Trinajstić information content (AvgIpc) is 2.89. The third-order valence-corrected chi connectivity index (χ3v) is 3.70. The van der Waals surface area contributed by atoms with Gasteiger partial charge in [-0.3, -0.25) is 4.79 Å². The van der Waals surface area contributed by atoms with Crippen molar-refractivity contribution >= 4 is 34.8 Å². The average molecular weight is 334 g/mol. The fourth-order valence-electron chi connectivity index (χ4n) is 2.13. The van der Waals surface area contributed by atoms with Crippen LogP contribution in [0.5, 0.6) is 0 Å². The molecule has 2 heterocycles. The summed E-state index contributed by atoms with van der Waals surface area (Å²) in [5, 5.41) is 4.15. The van der Waals surface area contributed by atoms with Crippen molar-refractivity contribution in [3.05, 3.63) is 70.1 Å². The molecule has 112 valence electrons. The molecule has 0 radical (unpaired) electrons. The molecule has 1 amide bonds. The van der Waals surface area contributed by atoms with E-state index in [1.165, 1.54) is 0 Å². The zero-order valence-electron chi connectivity index (χ0n) is 11.6. The molecule has 0 saturated heterocycles. The van der Waals surface area contributed by atoms with Crippen LogP contribution >= 0.6 is 23.2 Å². The number of carbonyl (C=O) groups is 1. The van der Waals surface area contributed by atoms with E-state index < -0.39 is 0 Å². The van der Waals surface area contributed by atoms with Crippen molar-refractivity contribution in [2.24, 2.45) is 0 Å². The minimum absolute atomic E-state index is 0.0580. The molecule has 0 bridgehead atoms. The van der Waals surface area contributed by atoms with Crippen molar-refractivity contribution in [1.82, 2.24) is 14.7 Å². The smallest absolute Gasteiger partial charge is 0.224 e. The van der Waals surface area contributed by atoms with Crippen LogP contribution in [0.4, 0.5) is 0 Å². The number of imidazole rings is 1. The quantitative estimate of drug-likeness (QED) is 0.794. The molecule has 1 N–H and O–H groups in total. The third-order valence-electron chi connectivity index (χ3n) is 3.22. The van der Waals surface area contributed by atoms with E-state index in [1.54, 1.807) is 24.3 Å². The van der Waals surface area contributed by atoms with E-state index in [0.717, 1.165) is 16.9 Å². The number of benzene rings is 1. The maximum Gasteiger partial charge on any atom is 0.224 e. The fraction of sp³-hybridized carbons (Fsp3) is 0.125. The van der Waals surface area contributed by atoms with E-state index in [1.807, 2.05) is 28.9 Å². The number of fused-ring (bicyclic) bond motifs is 1. The largest absolute Gasteiger partial charge is 0.350 e. The van der Waals surface area contributed by atoms with Crippen molar-refractivity contribution < 1.29 is 4.79 Å². The SMILES string of the molecule is O=C(Cc1ccc(Cl)cc1)NCc1cn2ccc(Cl)cc2n1. The third kappa shape index (κ3) is 3.59. The normalized spacial score (nSPS) is 10.8. The van der Waals surface area contributed by atoms with E-state index in [4.69, 9.17) is 23.2 Å². The Bertz CT molecular complexity index is 812. The summed E-state index contributed by atoms with van der Waals surface area (Å²) in [6, 6.07) is 10.8. The lowest BCUT2D eigenvalue weighted by atomic mass is 10.1. The van der Waals surface area contributed by atoms with Crippen LogP contribution in [0.2, 0.25) is 10.0 Å². The lowest BCUT2D eigenvalue weighted by molar-refractivity contribution is -0.120. The van der Waals surface area contributed by atoms with Crippen molar-refractivity contribution in [3.8, 4) is 0 Å². The minimum Gasteiger partial charge on any atom is -0.350 e. The Kier molecular flexibility index (Phi) is 4.32. The zero-order valence-corrected chi connectivity index (χ0v) is 13.1. The molecule has 6 heteroatoms. The first-order chi connectivity index (χ1) is 10.6. The summed E-state index contributed by atoms with van der Waals surface area (Å²) in [6.07, 6.45) is 4.02. The van der Waals surface area contributed by atoms with E-state index >= 15 is 0 Å². The number of hydrogen-bond acceptors (Lipinski definition) is 2. The van der Waals surface area contributed by atoms with Crippen LogP contribution in [0.1, 0.15) is 11.3 Å². The fourth-order valence-corrected chi connectivity index (χ4v) is 2.41. The van der Waals surface area contributed by atoms with Crippen molar-refractivity contribution in [1.29, 1.82) is 0 Å². The second-order valence-electron chi connectivity index (χ2n) is 4.92. The molecule has 3 aromatic rings. The van der Waals surface area contributed by atoms with Gasteiger partial charge in [-0.25, -0.2) is 4.98 Å². The zero-order chi connectivity index (χ0) is 15.5. The van der Waals surface area contributed by atoms with Crippen molar-refractivity contribution in [3.63, 3.8) is 0 Å². The molecule has 1 aromatic carbocycles. The Morgan fingerprint density at radius 2 is 1.91 bits per heavy atom. The lowest BCUT2D eigenvalue weighted by Crippen LogP contribution is -2.24. The van der Waals surface area contributed by atoms with Crippen LogP contribution in [-0.2, 0) is 17.8 Å². The van der Waals surface area contributed by atoms with Crippen LogP contribution in [0, 0.1) is 0 Å². The molecule has 0 aliphatic heterocycles. The van der Waals surface area contributed by atoms with E-state index in [9.17, 15) is 4.79 Å². The van der Waals surface area contributed by atoms with Gasteiger partial charge in [0.05, 0.1) is 18.7 Å². The molecule has 3 rings (SSSR count). The van der Waals surface area contributed by atoms with Gasteiger partial charge in [0, 0.05) is 22.4 Å². The number of nitrogens with one attached hydrogen (secondary N) is 1. The number of nitrogens with zero attached hydrogens (tertiary/aromatic N) is 2. The summed E-state index contributed by atoms with van der Waals surface area (Å²) in [4.78, 5) is 16.4. The molecule has 0 spiro atoms. The molecule has 0 saturated carbocycles. The lowest BCUT2D eigenvalue weighted by Gasteiger charge is -2.03. The topological polar surface area (TPSA) is 46.4 Å². The van der Waals surface area contributed by atoms with Crippen LogP contribution in [0.25, 0.3) is 5.65 Å². The molecule has 0 fully saturated rings. The van der Waals surface area contributed by atoms with E-state index in [0.29, 0.717) is 23.0 Å². The van der Waals surface area contributed by atoms with E-state index in [-0.39, 0.29) is 5.91 Å². The van der Waals surface area contributed by atoms with Crippen LogP contribution in [0.3, 0.4) is 0 Å². The number of aromatic nitrogens is 2. The standard InChI is InChI=1S/C16H13Cl2N3O/c17-12-3-1-11(2-4-12)7-16(22)19-9-14-10-21-6-5-13(18)8-15(21)20-14/h1-6,8,10H,7,9H2,(H,19,22). The highest BCUT2D eigenvalue weighted by Crippen LogP contribution is 2.13.